The van der Waals surface area contributed by atoms with Gasteiger partial charge in [0.15, 0.2) is 11.4 Å². The Morgan fingerprint density at radius 1 is 1.19 bits per heavy atom. The van der Waals surface area contributed by atoms with Crippen molar-refractivity contribution < 1.29 is 18.7 Å². The highest BCUT2D eigenvalue weighted by atomic mass is 32.1. The minimum atomic E-state index is -0.398. The first kappa shape index (κ1) is 19.3. The molecule has 3 rings (SSSR count). The molecule has 0 aliphatic carbocycles. The highest BCUT2D eigenvalue weighted by Crippen LogP contribution is 2.22. The van der Waals surface area contributed by atoms with Crippen molar-refractivity contribution in [2.24, 2.45) is 4.99 Å². The number of fused-ring (bicyclic) bond motifs is 1. The molecule has 0 spiro atoms. The Kier molecular flexibility index (Phi) is 6.03. The van der Waals surface area contributed by atoms with Crippen molar-refractivity contribution in [3.63, 3.8) is 0 Å². The number of rotatable bonds is 6. The predicted octanol–water partition coefficient (Wildman–Crippen LogP) is 3.61. The van der Waals surface area contributed by atoms with Crippen LogP contribution in [0.15, 0.2) is 41.4 Å². The van der Waals surface area contributed by atoms with E-state index in [1.165, 1.54) is 46.7 Å². The van der Waals surface area contributed by atoms with Crippen LogP contribution in [-0.4, -0.2) is 30.8 Å². The first-order valence-electron chi connectivity index (χ1n) is 8.53. The van der Waals surface area contributed by atoms with E-state index in [1.54, 1.807) is 7.11 Å². The van der Waals surface area contributed by atoms with Crippen molar-refractivity contribution >= 4 is 27.5 Å². The number of aryl methyl sites for hydroxylation is 2. The van der Waals surface area contributed by atoms with Gasteiger partial charge in [-0.25, -0.2) is 4.39 Å². The van der Waals surface area contributed by atoms with Gasteiger partial charge in [0.05, 0.1) is 16.8 Å². The molecule has 2 aromatic carbocycles. The highest BCUT2D eigenvalue weighted by molar-refractivity contribution is 7.16. The standard InChI is InChI=1S/C20H21FN2O3S/c1-13-10-17-18(11-14(13)2)27-20(23(17)8-9-25-3)22-19(24)12-26-16-6-4-15(21)5-7-16/h4-7,10-11H,8-9,12H2,1-3H3. The highest BCUT2D eigenvalue weighted by Gasteiger charge is 2.10. The molecular formula is C20H21FN2O3S. The lowest BCUT2D eigenvalue weighted by Gasteiger charge is -2.06. The van der Waals surface area contributed by atoms with Crippen molar-refractivity contribution in [3.05, 3.63) is 58.1 Å². The normalized spacial score (nSPS) is 11.9. The number of amides is 1. The van der Waals surface area contributed by atoms with E-state index in [2.05, 4.69) is 31.0 Å². The second-order valence-corrected chi connectivity index (χ2v) is 7.19. The molecular weight excluding hydrogens is 367 g/mol. The third-order valence-corrected chi connectivity index (χ3v) is 5.25. The Balaban J connectivity index is 1.88. The van der Waals surface area contributed by atoms with Gasteiger partial charge < -0.3 is 14.0 Å². The van der Waals surface area contributed by atoms with Crippen molar-refractivity contribution in [1.82, 2.24) is 4.57 Å². The van der Waals surface area contributed by atoms with E-state index in [4.69, 9.17) is 9.47 Å². The van der Waals surface area contributed by atoms with Crippen LogP contribution in [-0.2, 0) is 16.1 Å². The number of benzene rings is 2. The molecule has 7 heteroatoms. The lowest BCUT2D eigenvalue weighted by Crippen LogP contribution is -2.21. The van der Waals surface area contributed by atoms with Gasteiger partial charge >= 0.3 is 0 Å². The molecule has 0 N–H and O–H groups in total. The number of methoxy groups -OCH3 is 1. The summed E-state index contributed by atoms with van der Waals surface area (Å²) < 4.78 is 26.6. The van der Waals surface area contributed by atoms with Crippen LogP contribution in [0.2, 0.25) is 0 Å². The number of halogens is 1. The van der Waals surface area contributed by atoms with Gasteiger partial charge in [0.1, 0.15) is 11.6 Å². The van der Waals surface area contributed by atoms with Gasteiger partial charge in [0.2, 0.25) is 0 Å². The zero-order valence-corrected chi connectivity index (χ0v) is 16.3. The lowest BCUT2D eigenvalue weighted by molar-refractivity contribution is -0.120. The molecule has 0 unspecified atom stereocenters. The summed E-state index contributed by atoms with van der Waals surface area (Å²) in [6.07, 6.45) is 0. The molecule has 142 valence electrons. The lowest BCUT2D eigenvalue weighted by atomic mass is 10.1. The maximum absolute atomic E-state index is 12.9. The zero-order chi connectivity index (χ0) is 19.4. The minimum absolute atomic E-state index is 0.206. The average molecular weight is 388 g/mol. The molecule has 27 heavy (non-hydrogen) atoms. The van der Waals surface area contributed by atoms with Gasteiger partial charge in [0, 0.05) is 13.7 Å². The summed E-state index contributed by atoms with van der Waals surface area (Å²) in [7, 11) is 1.64. The number of aromatic nitrogens is 1. The number of carbonyl (C=O) groups is 1. The van der Waals surface area contributed by atoms with Gasteiger partial charge in [0.25, 0.3) is 5.91 Å². The van der Waals surface area contributed by atoms with Crippen molar-refractivity contribution in [2.75, 3.05) is 20.3 Å². The molecule has 1 heterocycles. The molecule has 3 aromatic rings. The summed E-state index contributed by atoms with van der Waals surface area (Å²) in [4.78, 5) is 17.1. The fraction of sp³-hybridized carbons (Fsp3) is 0.300. The molecule has 0 fully saturated rings. The van der Waals surface area contributed by atoms with E-state index in [0.717, 1.165) is 10.2 Å². The van der Waals surface area contributed by atoms with Gasteiger partial charge in [-0.15, -0.1) is 0 Å². The van der Waals surface area contributed by atoms with E-state index >= 15 is 0 Å². The minimum Gasteiger partial charge on any atom is -0.484 e. The quantitative estimate of drug-likeness (QED) is 0.648. The van der Waals surface area contributed by atoms with E-state index in [9.17, 15) is 9.18 Å². The first-order chi connectivity index (χ1) is 13.0. The molecule has 0 saturated carbocycles. The Morgan fingerprint density at radius 2 is 1.89 bits per heavy atom. The molecule has 0 saturated heterocycles. The van der Waals surface area contributed by atoms with Crippen LogP contribution in [0.3, 0.4) is 0 Å². The summed E-state index contributed by atoms with van der Waals surface area (Å²) in [6, 6.07) is 9.74. The van der Waals surface area contributed by atoms with Crippen molar-refractivity contribution in [1.29, 1.82) is 0 Å². The SMILES string of the molecule is COCCn1c(=NC(=O)COc2ccc(F)cc2)sc2cc(C)c(C)cc21. The van der Waals surface area contributed by atoms with Crippen LogP contribution in [0, 0.1) is 19.7 Å². The van der Waals surface area contributed by atoms with E-state index in [0.29, 0.717) is 23.7 Å². The largest absolute Gasteiger partial charge is 0.484 e. The summed E-state index contributed by atoms with van der Waals surface area (Å²) in [5.74, 6) is -0.325. The maximum Gasteiger partial charge on any atom is 0.286 e. The monoisotopic (exact) mass is 388 g/mol. The number of ether oxygens (including phenoxy) is 2. The van der Waals surface area contributed by atoms with Crippen molar-refractivity contribution in [2.45, 2.75) is 20.4 Å². The van der Waals surface area contributed by atoms with Crippen molar-refractivity contribution in [3.8, 4) is 5.75 Å². The summed E-state index contributed by atoms with van der Waals surface area (Å²) >= 11 is 1.46. The summed E-state index contributed by atoms with van der Waals surface area (Å²) in [5.41, 5.74) is 3.41. The van der Waals surface area contributed by atoms with Gasteiger partial charge in [-0.2, -0.15) is 4.99 Å². The fourth-order valence-electron chi connectivity index (χ4n) is 2.62. The summed E-state index contributed by atoms with van der Waals surface area (Å²) in [5, 5.41) is 0. The van der Waals surface area contributed by atoms with Crippen LogP contribution in [0.4, 0.5) is 4.39 Å². The second kappa shape index (κ2) is 8.45. The molecule has 1 aromatic heterocycles. The fourth-order valence-corrected chi connectivity index (χ4v) is 3.77. The van der Waals surface area contributed by atoms with Gasteiger partial charge in [-0.05, 0) is 61.4 Å². The second-order valence-electron chi connectivity index (χ2n) is 6.18. The van der Waals surface area contributed by atoms with Crippen LogP contribution >= 0.6 is 11.3 Å². The molecule has 0 radical (unpaired) electrons. The smallest absolute Gasteiger partial charge is 0.286 e. The first-order valence-corrected chi connectivity index (χ1v) is 9.35. The Morgan fingerprint density at radius 3 is 2.59 bits per heavy atom. The van der Waals surface area contributed by atoms with Crippen LogP contribution in [0.1, 0.15) is 11.1 Å². The average Bonchev–Trinajstić information content (AvgIpc) is 2.96. The van der Waals surface area contributed by atoms with E-state index in [1.807, 2.05) is 4.57 Å². The number of thiazole rings is 1. The molecule has 0 aliphatic rings. The Bertz CT molecular complexity index is 1020. The maximum atomic E-state index is 12.9. The summed E-state index contributed by atoms with van der Waals surface area (Å²) in [6.45, 7) is 5.04. The Labute approximate surface area is 160 Å². The number of carbonyl (C=O) groups excluding carboxylic acids is 1. The molecule has 0 aliphatic heterocycles. The topological polar surface area (TPSA) is 52.8 Å². The van der Waals surface area contributed by atoms with E-state index < -0.39 is 5.91 Å². The van der Waals surface area contributed by atoms with Gasteiger partial charge in [-0.3, -0.25) is 4.79 Å². The van der Waals surface area contributed by atoms with E-state index in [-0.39, 0.29) is 12.4 Å². The number of nitrogens with zero attached hydrogens (tertiary/aromatic N) is 2. The third-order valence-electron chi connectivity index (χ3n) is 4.21. The molecule has 0 bridgehead atoms. The molecule has 1 amide bonds. The Hall–Kier alpha value is -2.51. The van der Waals surface area contributed by atoms with Crippen LogP contribution in [0.25, 0.3) is 10.2 Å². The number of hydrogen-bond donors (Lipinski definition) is 0. The number of hydrogen-bond acceptors (Lipinski definition) is 4. The predicted molar refractivity (Wildman–Crippen MR) is 104 cm³/mol. The zero-order valence-electron chi connectivity index (χ0n) is 15.5. The molecule has 0 atom stereocenters. The van der Waals surface area contributed by atoms with Gasteiger partial charge in [-0.1, -0.05) is 11.3 Å². The molecule has 5 nitrogen and oxygen atoms in total. The van der Waals surface area contributed by atoms with Crippen LogP contribution in [0.5, 0.6) is 5.75 Å². The third kappa shape index (κ3) is 4.61. The van der Waals surface area contributed by atoms with Crippen LogP contribution < -0.4 is 9.54 Å².